The summed E-state index contributed by atoms with van der Waals surface area (Å²) in [5.74, 6) is 1.40. The van der Waals surface area contributed by atoms with Crippen LogP contribution < -0.4 is 10.0 Å². The van der Waals surface area contributed by atoms with Crippen molar-refractivity contribution >= 4 is 26.5 Å². The third-order valence-electron chi connectivity index (χ3n) is 3.76. The summed E-state index contributed by atoms with van der Waals surface area (Å²) >= 11 is 1.10. The normalized spacial score (nSPS) is 19.0. The van der Waals surface area contributed by atoms with E-state index in [0.29, 0.717) is 11.0 Å². The van der Waals surface area contributed by atoms with E-state index in [1.165, 1.54) is 6.20 Å². The van der Waals surface area contributed by atoms with Crippen LogP contribution in [0.4, 0.5) is 5.13 Å². The van der Waals surface area contributed by atoms with Crippen LogP contribution in [0.2, 0.25) is 0 Å². The molecule has 3 rings (SSSR count). The van der Waals surface area contributed by atoms with Gasteiger partial charge in [0.1, 0.15) is 6.33 Å². The molecule has 8 nitrogen and oxygen atoms in total. The molecule has 0 bridgehead atoms. The lowest BCUT2D eigenvalue weighted by atomic mass is 10.2. The van der Waals surface area contributed by atoms with Crippen molar-refractivity contribution in [3.05, 3.63) is 18.3 Å². The SMILES string of the molecule is CC(C)Cn1cnnc1C1CCCN1c1ncc(S(N)(=O)=O)s1. The van der Waals surface area contributed by atoms with Crippen LogP contribution in [0.15, 0.2) is 16.7 Å². The molecule has 1 aliphatic rings. The lowest BCUT2D eigenvalue weighted by Crippen LogP contribution is -2.25. The molecule has 0 aromatic carbocycles. The van der Waals surface area contributed by atoms with E-state index in [1.54, 1.807) is 6.33 Å². The highest BCUT2D eigenvalue weighted by Crippen LogP contribution is 2.38. The molecule has 2 N–H and O–H groups in total. The average Bonchev–Trinajstić information content (AvgIpc) is 3.16. The van der Waals surface area contributed by atoms with Gasteiger partial charge < -0.3 is 9.47 Å². The fraction of sp³-hybridized carbons (Fsp3) is 0.615. The minimum absolute atomic E-state index is 0.0655. The fourth-order valence-electron chi connectivity index (χ4n) is 2.84. The third kappa shape index (κ3) is 3.38. The highest BCUT2D eigenvalue weighted by atomic mass is 32.2. The molecule has 0 saturated carbocycles. The molecule has 1 aliphatic heterocycles. The maximum Gasteiger partial charge on any atom is 0.249 e. The van der Waals surface area contributed by atoms with Crippen LogP contribution >= 0.6 is 11.3 Å². The second kappa shape index (κ2) is 6.17. The van der Waals surface area contributed by atoms with Crippen LogP contribution in [0, 0.1) is 5.92 Å². The second-order valence-electron chi connectivity index (χ2n) is 6.09. The fourth-order valence-corrected chi connectivity index (χ4v) is 4.45. The summed E-state index contributed by atoms with van der Waals surface area (Å²) in [7, 11) is -3.71. The Hall–Kier alpha value is -1.52. The second-order valence-corrected chi connectivity index (χ2v) is 8.89. The van der Waals surface area contributed by atoms with Gasteiger partial charge in [-0.05, 0) is 18.8 Å². The number of nitrogens with two attached hydrogens (primary N) is 1. The molecular weight excluding hydrogens is 336 g/mol. The number of rotatable bonds is 5. The molecule has 3 heterocycles. The van der Waals surface area contributed by atoms with Crippen molar-refractivity contribution in [2.75, 3.05) is 11.4 Å². The van der Waals surface area contributed by atoms with E-state index < -0.39 is 10.0 Å². The van der Waals surface area contributed by atoms with Crippen molar-refractivity contribution in [2.24, 2.45) is 11.1 Å². The molecule has 10 heteroatoms. The Bertz CT molecular complexity index is 782. The van der Waals surface area contributed by atoms with Gasteiger partial charge in [0.25, 0.3) is 0 Å². The Morgan fingerprint density at radius 1 is 1.48 bits per heavy atom. The Morgan fingerprint density at radius 3 is 2.91 bits per heavy atom. The average molecular weight is 356 g/mol. The van der Waals surface area contributed by atoms with E-state index in [4.69, 9.17) is 5.14 Å². The van der Waals surface area contributed by atoms with Crippen LogP contribution in [-0.2, 0) is 16.6 Å². The minimum Gasteiger partial charge on any atom is -0.338 e. The zero-order chi connectivity index (χ0) is 16.6. The first-order valence-corrected chi connectivity index (χ1v) is 9.85. The lowest BCUT2D eigenvalue weighted by molar-refractivity contribution is 0.488. The summed E-state index contributed by atoms with van der Waals surface area (Å²) in [6, 6.07) is 0.0655. The Kier molecular flexibility index (Phi) is 4.39. The quantitative estimate of drug-likeness (QED) is 0.867. The first-order chi connectivity index (χ1) is 10.9. The number of thiazole rings is 1. The maximum atomic E-state index is 11.4. The van der Waals surface area contributed by atoms with Gasteiger partial charge in [-0.1, -0.05) is 25.2 Å². The van der Waals surface area contributed by atoms with E-state index in [-0.39, 0.29) is 10.3 Å². The van der Waals surface area contributed by atoms with Gasteiger partial charge in [-0.2, -0.15) is 0 Å². The summed E-state index contributed by atoms with van der Waals surface area (Å²) in [4.78, 5) is 6.34. The number of nitrogens with zero attached hydrogens (tertiary/aromatic N) is 5. The van der Waals surface area contributed by atoms with E-state index >= 15 is 0 Å². The first kappa shape index (κ1) is 16.3. The van der Waals surface area contributed by atoms with Crippen LogP contribution in [0.25, 0.3) is 0 Å². The van der Waals surface area contributed by atoms with Gasteiger partial charge in [0.05, 0.1) is 12.2 Å². The number of primary sulfonamides is 1. The molecule has 126 valence electrons. The number of sulfonamides is 1. The number of hydrogen-bond donors (Lipinski definition) is 1. The predicted octanol–water partition coefficient (Wildman–Crippen LogP) is 1.38. The predicted molar refractivity (Wildman–Crippen MR) is 87.7 cm³/mol. The molecule has 1 saturated heterocycles. The topological polar surface area (TPSA) is 107 Å². The van der Waals surface area contributed by atoms with Gasteiger partial charge in [-0.25, -0.2) is 18.5 Å². The van der Waals surface area contributed by atoms with Gasteiger partial charge in [0.15, 0.2) is 15.2 Å². The van der Waals surface area contributed by atoms with Crippen molar-refractivity contribution in [1.29, 1.82) is 0 Å². The number of aromatic nitrogens is 4. The zero-order valence-electron chi connectivity index (χ0n) is 13.1. The minimum atomic E-state index is -3.71. The maximum absolute atomic E-state index is 11.4. The standard InChI is InChI=1S/C13H20N6O2S2/c1-9(2)7-18-8-16-17-12(18)10-4-3-5-19(10)13-15-6-11(22-13)23(14,20)21/h6,8-10H,3-5,7H2,1-2H3,(H2,14,20,21). The molecule has 2 aromatic rings. The van der Waals surface area contributed by atoms with E-state index in [1.807, 2.05) is 0 Å². The van der Waals surface area contributed by atoms with Gasteiger partial charge in [0.2, 0.25) is 10.0 Å². The Labute approximate surface area is 139 Å². The Balaban J connectivity index is 1.89. The van der Waals surface area contributed by atoms with Crippen LogP contribution in [0.1, 0.15) is 38.6 Å². The molecule has 0 spiro atoms. The summed E-state index contributed by atoms with van der Waals surface area (Å²) in [5, 5.41) is 14.2. The van der Waals surface area contributed by atoms with Crippen molar-refractivity contribution in [1.82, 2.24) is 19.7 Å². The Morgan fingerprint density at radius 2 is 2.26 bits per heavy atom. The van der Waals surface area contributed by atoms with Crippen LogP contribution in [-0.4, -0.2) is 34.7 Å². The van der Waals surface area contributed by atoms with Crippen molar-refractivity contribution in [3.63, 3.8) is 0 Å². The highest BCUT2D eigenvalue weighted by Gasteiger charge is 2.32. The van der Waals surface area contributed by atoms with Gasteiger partial charge in [0, 0.05) is 13.1 Å². The van der Waals surface area contributed by atoms with E-state index in [2.05, 4.69) is 38.5 Å². The summed E-state index contributed by atoms with van der Waals surface area (Å²) in [6.07, 6.45) is 5.03. The van der Waals surface area contributed by atoms with Crippen molar-refractivity contribution < 1.29 is 8.42 Å². The molecule has 0 radical (unpaired) electrons. The van der Waals surface area contributed by atoms with Crippen LogP contribution in [0.5, 0.6) is 0 Å². The molecule has 1 unspecified atom stereocenters. The molecule has 1 atom stereocenters. The smallest absolute Gasteiger partial charge is 0.249 e. The van der Waals surface area contributed by atoms with Crippen LogP contribution in [0.3, 0.4) is 0 Å². The molecule has 1 fully saturated rings. The van der Waals surface area contributed by atoms with E-state index in [0.717, 1.165) is 43.1 Å². The van der Waals surface area contributed by atoms with Crippen molar-refractivity contribution in [2.45, 2.75) is 43.5 Å². The van der Waals surface area contributed by atoms with Gasteiger partial charge in [-0.15, -0.1) is 10.2 Å². The molecule has 23 heavy (non-hydrogen) atoms. The first-order valence-electron chi connectivity index (χ1n) is 7.49. The number of hydrogen-bond acceptors (Lipinski definition) is 7. The van der Waals surface area contributed by atoms with E-state index in [9.17, 15) is 8.42 Å². The lowest BCUT2D eigenvalue weighted by Gasteiger charge is -2.24. The monoisotopic (exact) mass is 356 g/mol. The number of anilines is 1. The molecule has 0 aliphatic carbocycles. The van der Waals surface area contributed by atoms with Gasteiger partial charge in [-0.3, -0.25) is 0 Å². The van der Waals surface area contributed by atoms with Crippen molar-refractivity contribution in [3.8, 4) is 0 Å². The largest absolute Gasteiger partial charge is 0.338 e. The highest BCUT2D eigenvalue weighted by molar-refractivity contribution is 7.91. The summed E-state index contributed by atoms with van der Waals surface area (Å²) in [5.41, 5.74) is 0. The van der Waals surface area contributed by atoms with Gasteiger partial charge >= 0.3 is 0 Å². The summed E-state index contributed by atoms with van der Waals surface area (Å²) in [6.45, 7) is 5.97. The summed E-state index contributed by atoms with van der Waals surface area (Å²) < 4.78 is 25.1. The zero-order valence-corrected chi connectivity index (χ0v) is 14.7. The third-order valence-corrected chi connectivity index (χ3v) is 6.20. The molecule has 0 amide bonds. The molecular formula is C13H20N6O2S2. The molecule has 2 aromatic heterocycles.